The highest BCUT2D eigenvalue weighted by atomic mass is 16.1. The molecule has 0 bridgehead atoms. The highest BCUT2D eigenvalue weighted by molar-refractivity contribution is 5.98. The van der Waals surface area contributed by atoms with Crippen LogP contribution in [0, 0.1) is 23.2 Å². The predicted octanol–water partition coefficient (Wildman–Crippen LogP) is 2.47. The summed E-state index contributed by atoms with van der Waals surface area (Å²) < 4.78 is 0. The molecule has 2 heteroatoms. The van der Waals surface area contributed by atoms with Gasteiger partial charge in [0.2, 0.25) is 0 Å². The molecule has 2 nitrogen and oxygen atoms in total. The Morgan fingerprint density at radius 2 is 2.19 bits per heavy atom. The van der Waals surface area contributed by atoms with Crippen molar-refractivity contribution in [3.05, 3.63) is 34.9 Å². The zero-order valence-corrected chi connectivity index (χ0v) is 8.92. The van der Waals surface area contributed by atoms with Crippen LogP contribution in [-0.2, 0) is 6.42 Å². The van der Waals surface area contributed by atoms with Gasteiger partial charge in [0.1, 0.15) is 0 Å². The Balaban J connectivity index is 2.32. The van der Waals surface area contributed by atoms with Gasteiger partial charge in [0, 0.05) is 17.5 Å². The smallest absolute Gasteiger partial charge is 0.163 e. The van der Waals surface area contributed by atoms with Crippen LogP contribution in [0.15, 0.2) is 18.2 Å². The summed E-state index contributed by atoms with van der Waals surface area (Å²) in [5, 5.41) is 8.37. The van der Waals surface area contributed by atoms with Crippen molar-refractivity contribution in [3.63, 3.8) is 0 Å². The number of rotatable bonds is 0. The SMILES string of the molecule is N#CCC#Cc1ccc2c(c1)C(=O)CCC2. The number of carbonyl (C=O) groups excluding carboxylic acids is 1. The van der Waals surface area contributed by atoms with E-state index >= 15 is 0 Å². The number of Topliss-reactive ketones (excluding diaryl/α,β-unsaturated/α-hetero) is 1. The van der Waals surface area contributed by atoms with Gasteiger partial charge >= 0.3 is 0 Å². The summed E-state index contributed by atoms with van der Waals surface area (Å²) in [5.74, 6) is 5.86. The van der Waals surface area contributed by atoms with Crippen molar-refractivity contribution >= 4 is 5.78 Å². The van der Waals surface area contributed by atoms with Crippen molar-refractivity contribution < 1.29 is 4.79 Å². The lowest BCUT2D eigenvalue weighted by atomic mass is 9.89. The van der Waals surface area contributed by atoms with E-state index in [0.717, 1.165) is 29.5 Å². The summed E-state index contributed by atoms with van der Waals surface area (Å²) in [4.78, 5) is 11.7. The van der Waals surface area contributed by atoms with Crippen LogP contribution in [0.25, 0.3) is 0 Å². The molecule has 0 N–H and O–H groups in total. The Bertz CT molecular complexity index is 526. The number of hydrogen-bond acceptors (Lipinski definition) is 2. The summed E-state index contributed by atoms with van der Waals surface area (Å²) in [5.41, 5.74) is 2.77. The number of nitriles is 1. The number of hydrogen-bond donors (Lipinski definition) is 0. The van der Waals surface area contributed by atoms with Gasteiger partial charge in [-0.2, -0.15) is 5.26 Å². The van der Waals surface area contributed by atoms with Crippen molar-refractivity contribution in [2.75, 3.05) is 0 Å². The largest absolute Gasteiger partial charge is 0.294 e. The number of fused-ring (bicyclic) bond motifs is 1. The molecule has 0 aliphatic heterocycles. The molecular formula is C14H11NO. The van der Waals surface area contributed by atoms with E-state index in [1.165, 1.54) is 0 Å². The van der Waals surface area contributed by atoms with Crippen LogP contribution in [0.1, 0.15) is 40.7 Å². The summed E-state index contributed by atoms with van der Waals surface area (Å²) >= 11 is 0. The van der Waals surface area contributed by atoms with E-state index in [0.29, 0.717) is 6.42 Å². The lowest BCUT2D eigenvalue weighted by molar-refractivity contribution is 0.0972. The van der Waals surface area contributed by atoms with Crippen LogP contribution in [-0.4, -0.2) is 5.78 Å². The molecule has 0 aromatic heterocycles. The van der Waals surface area contributed by atoms with Crippen LogP contribution in [0.4, 0.5) is 0 Å². The number of nitrogens with zero attached hydrogens (tertiary/aromatic N) is 1. The van der Waals surface area contributed by atoms with Gasteiger partial charge in [0.25, 0.3) is 0 Å². The van der Waals surface area contributed by atoms with Crippen molar-refractivity contribution in [1.29, 1.82) is 5.26 Å². The first-order valence-electron chi connectivity index (χ1n) is 5.33. The molecule has 1 aromatic carbocycles. The molecule has 0 unspecified atom stereocenters. The third-order valence-electron chi connectivity index (χ3n) is 2.66. The third-order valence-corrected chi connectivity index (χ3v) is 2.66. The molecule has 1 aliphatic carbocycles. The van der Waals surface area contributed by atoms with E-state index in [9.17, 15) is 4.79 Å². The van der Waals surface area contributed by atoms with Gasteiger partial charge in [-0.3, -0.25) is 4.79 Å². The van der Waals surface area contributed by atoms with E-state index in [1.54, 1.807) is 0 Å². The van der Waals surface area contributed by atoms with Crippen molar-refractivity contribution in [3.8, 4) is 17.9 Å². The van der Waals surface area contributed by atoms with Gasteiger partial charge in [-0.25, -0.2) is 0 Å². The molecule has 0 saturated carbocycles. The van der Waals surface area contributed by atoms with Crippen molar-refractivity contribution in [1.82, 2.24) is 0 Å². The van der Waals surface area contributed by atoms with E-state index in [2.05, 4.69) is 11.8 Å². The number of aryl methyl sites for hydroxylation is 1. The van der Waals surface area contributed by atoms with E-state index in [4.69, 9.17) is 5.26 Å². The maximum atomic E-state index is 11.7. The molecule has 0 fully saturated rings. The third kappa shape index (κ3) is 2.12. The second-order valence-corrected chi connectivity index (χ2v) is 3.79. The Morgan fingerprint density at radius 3 is 3.00 bits per heavy atom. The quantitative estimate of drug-likeness (QED) is 0.616. The van der Waals surface area contributed by atoms with Crippen LogP contribution >= 0.6 is 0 Å². The zero-order chi connectivity index (χ0) is 11.4. The molecule has 0 atom stereocenters. The lowest BCUT2D eigenvalue weighted by Gasteiger charge is -2.14. The average molecular weight is 209 g/mol. The predicted molar refractivity (Wildman–Crippen MR) is 60.8 cm³/mol. The molecule has 0 spiro atoms. The average Bonchev–Trinajstić information content (AvgIpc) is 2.30. The van der Waals surface area contributed by atoms with E-state index in [1.807, 2.05) is 24.3 Å². The minimum absolute atomic E-state index is 0.213. The van der Waals surface area contributed by atoms with E-state index in [-0.39, 0.29) is 12.2 Å². The summed E-state index contributed by atoms with van der Waals surface area (Å²) in [7, 11) is 0. The van der Waals surface area contributed by atoms with Gasteiger partial charge in [-0.15, -0.1) is 0 Å². The van der Waals surface area contributed by atoms with Gasteiger partial charge < -0.3 is 0 Å². The summed E-state index contributed by atoms with van der Waals surface area (Å²) in [6.07, 6.45) is 2.80. The maximum absolute atomic E-state index is 11.7. The molecular weight excluding hydrogens is 198 g/mol. The second kappa shape index (κ2) is 4.64. The van der Waals surface area contributed by atoms with Gasteiger partial charge in [-0.1, -0.05) is 17.9 Å². The minimum Gasteiger partial charge on any atom is -0.294 e. The topological polar surface area (TPSA) is 40.9 Å². The Labute approximate surface area is 94.9 Å². The van der Waals surface area contributed by atoms with Crippen molar-refractivity contribution in [2.45, 2.75) is 25.7 Å². The number of carbonyl (C=O) groups is 1. The molecule has 0 heterocycles. The minimum atomic E-state index is 0.213. The Hall–Kier alpha value is -2.06. The van der Waals surface area contributed by atoms with Crippen LogP contribution in [0.3, 0.4) is 0 Å². The Kier molecular flexibility index (Phi) is 3.03. The van der Waals surface area contributed by atoms with Gasteiger partial charge in [0.05, 0.1) is 12.5 Å². The molecule has 78 valence electrons. The van der Waals surface area contributed by atoms with Crippen LogP contribution < -0.4 is 0 Å². The van der Waals surface area contributed by atoms with Gasteiger partial charge in [-0.05, 0) is 30.5 Å². The number of ketones is 1. The monoisotopic (exact) mass is 209 g/mol. The molecule has 0 radical (unpaired) electrons. The maximum Gasteiger partial charge on any atom is 0.163 e. The summed E-state index contributed by atoms with van der Waals surface area (Å²) in [6.45, 7) is 0. The molecule has 1 aromatic rings. The lowest BCUT2D eigenvalue weighted by Crippen LogP contribution is -2.10. The molecule has 0 amide bonds. The fourth-order valence-electron chi connectivity index (χ4n) is 1.89. The highest BCUT2D eigenvalue weighted by Gasteiger charge is 2.16. The highest BCUT2D eigenvalue weighted by Crippen LogP contribution is 2.21. The normalized spacial score (nSPS) is 13.3. The molecule has 1 aliphatic rings. The zero-order valence-electron chi connectivity index (χ0n) is 8.92. The summed E-state index contributed by atoms with van der Waals surface area (Å²) in [6, 6.07) is 7.71. The first kappa shape index (κ1) is 10.5. The van der Waals surface area contributed by atoms with Crippen molar-refractivity contribution in [2.24, 2.45) is 0 Å². The molecule has 2 rings (SSSR count). The standard InChI is InChI=1S/C14H11NO/c15-9-2-1-4-11-7-8-12-5-3-6-14(16)13(12)10-11/h7-8,10H,2-3,5-6H2. The second-order valence-electron chi connectivity index (χ2n) is 3.79. The van der Waals surface area contributed by atoms with Crippen LogP contribution in [0.5, 0.6) is 0 Å². The van der Waals surface area contributed by atoms with E-state index < -0.39 is 0 Å². The van der Waals surface area contributed by atoms with Crippen LogP contribution in [0.2, 0.25) is 0 Å². The molecule has 0 saturated heterocycles. The number of benzene rings is 1. The Morgan fingerprint density at radius 1 is 1.31 bits per heavy atom. The first-order valence-corrected chi connectivity index (χ1v) is 5.33. The van der Waals surface area contributed by atoms with Gasteiger partial charge in [0.15, 0.2) is 5.78 Å². The fourth-order valence-corrected chi connectivity index (χ4v) is 1.89. The molecule has 16 heavy (non-hydrogen) atoms. The first-order chi connectivity index (χ1) is 7.81. The fraction of sp³-hybridized carbons (Fsp3) is 0.286.